The third-order valence-corrected chi connectivity index (χ3v) is 3.13. The highest BCUT2D eigenvalue weighted by atomic mass is 16.5. The van der Waals surface area contributed by atoms with Crippen LogP contribution in [0, 0.1) is 0 Å². The van der Waals surface area contributed by atoms with Gasteiger partial charge in [0.15, 0.2) is 0 Å². The number of nitrogens with one attached hydrogen (secondary N) is 2. The number of hydrogen-bond acceptors (Lipinski definition) is 5. The molecule has 2 rings (SSSR count). The summed E-state index contributed by atoms with van der Waals surface area (Å²) >= 11 is 0. The van der Waals surface area contributed by atoms with Gasteiger partial charge in [0.05, 0.1) is 6.61 Å². The summed E-state index contributed by atoms with van der Waals surface area (Å²) in [6.45, 7) is 3.92. The molecule has 0 saturated heterocycles. The maximum absolute atomic E-state index is 4.96. The third kappa shape index (κ3) is 12.0. The van der Waals surface area contributed by atoms with E-state index >= 15 is 0 Å². The van der Waals surface area contributed by atoms with Crippen molar-refractivity contribution in [2.24, 2.45) is 0 Å². The number of nitrogens with zero attached hydrogens (tertiary/aromatic N) is 2. The normalized spacial score (nSPS) is 8.92. The maximum atomic E-state index is 4.96. The SMILES string of the molecule is C.C.CCCCNc1ccccn1.CNc1cccc(CCOC)n1. The van der Waals surface area contributed by atoms with E-state index in [0.29, 0.717) is 0 Å². The fraction of sp³-hybridized carbons (Fsp3) is 0.500. The summed E-state index contributed by atoms with van der Waals surface area (Å²) in [5.41, 5.74) is 1.06. The van der Waals surface area contributed by atoms with Gasteiger partial charge in [0, 0.05) is 39.0 Å². The van der Waals surface area contributed by atoms with Gasteiger partial charge in [-0.2, -0.15) is 0 Å². The summed E-state index contributed by atoms with van der Waals surface area (Å²) in [5.74, 6) is 1.88. The van der Waals surface area contributed by atoms with Crippen LogP contribution in [-0.4, -0.2) is 37.3 Å². The largest absolute Gasteiger partial charge is 0.384 e. The second-order valence-electron chi connectivity index (χ2n) is 5.00. The van der Waals surface area contributed by atoms with Crippen LogP contribution in [0.2, 0.25) is 0 Å². The summed E-state index contributed by atoms with van der Waals surface area (Å²) < 4.78 is 4.96. The van der Waals surface area contributed by atoms with Crippen molar-refractivity contribution >= 4 is 11.6 Å². The van der Waals surface area contributed by atoms with Crippen molar-refractivity contribution in [3.63, 3.8) is 0 Å². The quantitative estimate of drug-likeness (QED) is 0.666. The van der Waals surface area contributed by atoms with Crippen molar-refractivity contribution in [3.05, 3.63) is 48.3 Å². The fourth-order valence-electron chi connectivity index (χ4n) is 1.83. The molecule has 5 nitrogen and oxygen atoms in total. The van der Waals surface area contributed by atoms with E-state index in [-0.39, 0.29) is 14.9 Å². The molecule has 0 unspecified atom stereocenters. The highest BCUT2D eigenvalue weighted by Crippen LogP contribution is 2.04. The molecule has 0 aliphatic heterocycles. The average Bonchev–Trinajstić information content (AvgIpc) is 2.62. The molecule has 0 atom stereocenters. The van der Waals surface area contributed by atoms with Gasteiger partial charge in [-0.1, -0.05) is 40.3 Å². The molecule has 0 spiro atoms. The Morgan fingerprint density at radius 2 is 1.80 bits per heavy atom. The summed E-state index contributed by atoms with van der Waals surface area (Å²) in [6.07, 6.45) is 5.09. The Labute approximate surface area is 154 Å². The zero-order valence-corrected chi connectivity index (χ0v) is 14.4. The lowest BCUT2D eigenvalue weighted by Gasteiger charge is -2.02. The topological polar surface area (TPSA) is 59.1 Å². The van der Waals surface area contributed by atoms with E-state index < -0.39 is 0 Å². The van der Waals surface area contributed by atoms with Gasteiger partial charge in [-0.3, -0.25) is 0 Å². The number of unbranched alkanes of at least 4 members (excludes halogenated alkanes) is 1. The number of methoxy groups -OCH3 is 1. The summed E-state index contributed by atoms with van der Waals surface area (Å²) in [4.78, 5) is 8.48. The Hall–Kier alpha value is -2.14. The molecule has 0 aromatic carbocycles. The molecule has 0 aliphatic carbocycles. The second kappa shape index (κ2) is 16.7. The van der Waals surface area contributed by atoms with Crippen molar-refractivity contribution < 1.29 is 4.74 Å². The van der Waals surface area contributed by atoms with Gasteiger partial charge in [0.25, 0.3) is 0 Å². The van der Waals surface area contributed by atoms with Crippen LogP contribution >= 0.6 is 0 Å². The number of ether oxygens (including phenoxy) is 1. The predicted octanol–water partition coefficient (Wildman–Crippen LogP) is 4.88. The predicted molar refractivity (Wildman–Crippen MR) is 110 cm³/mol. The number of aromatic nitrogens is 2. The van der Waals surface area contributed by atoms with E-state index in [4.69, 9.17) is 4.74 Å². The van der Waals surface area contributed by atoms with Crippen molar-refractivity contribution in [3.8, 4) is 0 Å². The molecule has 0 radical (unpaired) electrons. The Bertz CT molecular complexity index is 520. The average molecular weight is 349 g/mol. The van der Waals surface area contributed by atoms with Crippen molar-refractivity contribution in [1.82, 2.24) is 9.97 Å². The molecule has 2 aromatic rings. The molecule has 2 heterocycles. The zero-order chi connectivity index (χ0) is 16.8. The van der Waals surface area contributed by atoms with Crippen LogP contribution in [0.15, 0.2) is 42.6 Å². The molecule has 0 aliphatic rings. The zero-order valence-electron chi connectivity index (χ0n) is 14.4. The monoisotopic (exact) mass is 348 g/mol. The molecule has 2 aromatic heterocycles. The third-order valence-electron chi connectivity index (χ3n) is 3.13. The lowest BCUT2D eigenvalue weighted by atomic mass is 10.3. The molecule has 2 N–H and O–H groups in total. The highest BCUT2D eigenvalue weighted by Gasteiger charge is 1.94. The van der Waals surface area contributed by atoms with Gasteiger partial charge in [-0.25, -0.2) is 9.97 Å². The summed E-state index contributed by atoms with van der Waals surface area (Å²) in [7, 11) is 3.56. The highest BCUT2D eigenvalue weighted by molar-refractivity contribution is 5.34. The Morgan fingerprint density at radius 1 is 1.04 bits per heavy atom. The molecule has 0 fully saturated rings. The minimum atomic E-state index is 0. The van der Waals surface area contributed by atoms with Crippen LogP contribution in [0.1, 0.15) is 40.3 Å². The van der Waals surface area contributed by atoms with Crippen LogP contribution < -0.4 is 10.6 Å². The minimum absolute atomic E-state index is 0. The summed E-state index contributed by atoms with van der Waals surface area (Å²) in [6, 6.07) is 11.8. The lowest BCUT2D eigenvalue weighted by Crippen LogP contribution is -2.01. The van der Waals surface area contributed by atoms with E-state index in [1.165, 1.54) is 12.8 Å². The van der Waals surface area contributed by atoms with Gasteiger partial charge in [0.2, 0.25) is 0 Å². The van der Waals surface area contributed by atoms with Gasteiger partial charge >= 0.3 is 0 Å². The lowest BCUT2D eigenvalue weighted by molar-refractivity contribution is 0.201. The van der Waals surface area contributed by atoms with Gasteiger partial charge in [0.1, 0.15) is 11.6 Å². The van der Waals surface area contributed by atoms with Gasteiger partial charge in [-0.15, -0.1) is 0 Å². The van der Waals surface area contributed by atoms with Crippen molar-refractivity contribution in [2.45, 2.75) is 41.0 Å². The first kappa shape index (κ1) is 25.1. The van der Waals surface area contributed by atoms with E-state index in [9.17, 15) is 0 Å². The molecule has 5 heteroatoms. The van der Waals surface area contributed by atoms with Gasteiger partial charge in [-0.05, 0) is 30.7 Å². The van der Waals surface area contributed by atoms with E-state index in [0.717, 1.165) is 36.9 Å². The smallest absolute Gasteiger partial charge is 0.125 e. The van der Waals surface area contributed by atoms with Crippen LogP contribution in [0.5, 0.6) is 0 Å². The van der Waals surface area contributed by atoms with E-state index in [2.05, 4.69) is 27.5 Å². The second-order valence-corrected chi connectivity index (χ2v) is 5.00. The first-order valence-corrected chi connectivity index (χ1v) is 8.07. The van der Waals surface area contributed by atoms with Crippen LogP contribution in [0.4, 0.5) is 11.6 Å². The Kier molecular flexibility index (Phi) is 16.8. The molecule has 142 valence electrons. The maximum Gasteiger partial charge on any atom is 0.125 e. The van der Waals surface area contributed by atoms with E-state index in [1.807, 2.05) is 43.4 Å². The minimum Gasteiger partial charge on any atom is -0.384 e. The number of pyridine rings is 2. The molecule has 0 bridgehead atoms. The first-order valence-electron chi connectivity index (χ1n) is 8.07. The molecular weight excluding hydrogens is 312 g/mol. The first-order chi connectivity index (χ1) is 11.3. The van der Waals surface area contributed by atoms with Crippen LogP contribution in [0.25, 0.3) is 0 Å². The Morgan fingerprint density at radius 3 is 2.40 bits per heavy atom. The number of rotatable bonds is 8. The fourth-order valence-corrected chi connectivity index (χ4v) is 1.83. The van der Waals surface area contributed by atoms with Gasteiger partial charge < -0.3 is 15.4 Å². The number of hydrogen-bond donors (Lipinski definition) is 2. The molecule has 0 saturated carbocycles. The van der Waals surface area contributed by atoms with Crippen molar-refractivity contribution in [2.75, 3.05) is 37.9 Å². The van der Waals surface area contributed by atoms with Crippen LogP contribution in [-0.2, 0) is 11.2 Å². The number of anilines is 2. The Balaban J connectivity index is 0. The van der Waals surface area contributed by atoms with Crippen molar-refractivity contribution in [1.29, 1.82) is 0 Å². The molecule has 0 amide bonds. The van der Waals surface area contributed by atoms with E-state index in [1.54, 1.807) is 13.3 Å². The standard InChI is InChI=1S/C9H14N2O.C9H14N2.2CH4/c1-10-9-5-3-4-8(11-9)6-7-12-2;1-2-3-7-10-9-6-4-5-8-11-9;;/h3-5H,6-7H2,1-2H3,(H,10,11);4-6,8H,2-3,7H2,1H3,(H,10,11);2*1H4. The molecular formula is C20H36N4O. The van der Waals surface area contributed by atoms with Crippen LogP contribution in [0.3, 0.4) is 0 Å². The molecule has 25 heavy (non-hydrogen) atoms. The summed E-state index contributed by atoms with van der Waals surface area (Å²) in [5, 5.41) is 6.23.